The van der Waals surface area contributed by atoms with Crippen LogP contribution in [0.15, 0.2) is 24.3 Å². The van der Waals surface area contributed by atoms with E-state index < -0.39 is 0 Å². The highest BCUT2D eigenvalue weighted by Gasteiger charge is 2.31. The second-order valence-electron chi connectivity index (χ2n) is 6.59. The molecule has 1 fully saturated rings. The molecule has 0 saturated carbocycles. The summed E-state index contributed by atoms with van der Waals surface area (Å²) >= 11 is 0. The molecule has 21 heavy (non-hydrogen) atoms. The summed E-state index contributed by atoms with van der Waals surface area (Å²) in [5, 5.41) is 13.0. The van der Waals surface area contributed by atoms with Gasteiger partial charge < -0.3 is 15.2 Å². The van der Waals surface area contributed by atoms with Gasteiger partial charge in [0.15, 0.2) is 0 Å². The molecule has 0 amide bonds. The maximum Gasteiger partial charge on any atom is 0.119 e. The van der Waals surface area contributed by atoms with Gasteiger partial charge in [-0.1, -0.05) is 12.1 Å². The molecule has 0 spiro atoms. The van der Waals surface area contributed by atoms with Crippen molar-refractivity contribution in [1.29, 1.82) is 0 Å². The number of rotatable bonds is 6. The van der Waals surface area contributed by atoms with E-state index in [1.54, 1.807) is 0 Å². The first-order chi connectivity index (χ1) is 10.00. The lowest BCUT2D eigenvalue weighted by molar-refractivity contribution is 0.0533. The van der Waals surface area contributed by atoms with Crippen LogP contribution in [-0.2, 0) is 0 Å². The van der Waals surface area contributed by atoms with Crippen molar-refractivity contribution in [1.82, 2.24) is 10.2 Å². The third kappa shape index (κ3) is 4.99. The topological polar surface area (TPSA) is 44.7 Å². The van der Waals surface area contributed by atoms with Crippen molar-refractivity contribution in [2.45, 2.75) is 38.8 Å². The van der Waals surface area contributed by atoms with Crippen LogP contribution in [0, 0.1) is 6.92 Å². The summed E-state index contributed by atoms with van der Waals surface area (Å²) in [7, 11) is 0. The van der Waals surface area contributed by atoms with Crippen LogP contribution in [0.1, 0.15) is 25.8 Å². The predicted molar refractivity (Wildman–Crippen MR) is 85.8 cm³/mol. The predicted octanol–water partition coefficient (Wildman–Crippen LogP) is 1.81. The number of aliphatic hydroxyl groups excluding tert-OH is 1. The van der Waals surface area contributed by atoms with E-state index in [1.807, 2.05) is 12.1 Å². The zero-order valence-corrected chi connectivity index (χ0v) is 13.4. The maximum atomic E-state index is 9.48. The fourth-order valence-corrected chi connectivity index (χ4v) is 2.82. The van der Waals surface area contributed by atoms with E-state index in [9.17, 15) is 5.11 Å². The number of piperazine rings is 1. The first-order valence-electron chi connectivity index (χ1n) is 7.79. The lowest BCUT2D eigenvalue weighted by Gasteiger charge is -2.44. The van der Waals surface area contributed by atoms with E-state index in [0.717, 1.165) is 31.8 Å². The molecule has 2 rings (SSSR count). The molecule has 0 aromatic heterocycles. The minimum atomic E-state index is 0.114. The molecule has 118 valence electrons. The molecular weight excluding hydrogens is 264 g/mol. The van der Waals surface area contributed by atoms with Crippen molar-refractivity contribution in [2.75, 3.05) is 32.8 Å². The van der Waals surface area contributed by atoms with Gasteiger partial charge in [-0.2, -0.15) is 0 Å². The third-order valence-corrected chi connectivity index (χ3v) is 3.99. The number of nitrogens with one attached hydrogen (secondary N) is 1. The zero-order valence-electron chi connectivity index (χ0n) is 13.4. The number of hydrogen-bond acceptors (Lipinski definition) is 4. The summed E-state index contributed by atoms with van der Waals surface area (Å²) in [6, 6.07) is 8.37. The Hall–Kier alpha value is -1.10. The van der Waals surface area contributed by atoms with Crippen LogP contribution in [0.5, 0.6) is 5.75 Å². The maximum absolute atomic E-state index is 9.48. The molecule has 0 bridgehead atoms. The van der Waals surface area contributed by atoms with E-state index in [2.05, 4.69) is 43.1 Å². The smallest absolute Gasteiger partial charge is 0.119 e. The number of aliphatic hydroxyl groups is 1. The number of benzene rings is 1. The second-order valence-corrected chi connectivity index (χ2v) is 6.59. The van der Waals surface area contributed by atoms with Crippen LogP contribution in [0.2, 0.25) is 0 Å². The van der Waals surface area contributed by atoms with Crippen LogP contribution in [0.4, 0.5) is 0 Å². The van der Waals surface area contributed by atoms with Crippen LogP contribution in [0.3, 0.4) is 0 Å². The molecule has 0 aliphatic carbocycles. The largest absolute Gasteiger partial charge is 0.494 e. The van der Waals surface area contributed by atoms with Gasteiger partial charge >= 0.3 is 0 Å². The monoisotopic (exact) mass is 292 g/mol. The highest BCUT2D eigenvalue weighted by molar-refractivity contribution is 5.27. The lowest BCUT2D eigenvalue weighted by atomic mass is 9.99. The summed E-state index contributed by atoms with van der Waals surface area (Å²) in [5.74, 6) is 0.939. The third-order valence-electron chi connectivity index (χ3n) is 3.99. The molecular formula is C17H28N2O2. The van der Waals surface area contributed by atoms with Crippen LogP contribution in [0.25, 0.3) is 0 Å². The Kier molecular flexibility index (Phi) is 5.62. The summed E-state index contributed by atoms with van der Waals surface area (Å²) in [5.41, 5.74) is 1.33. The average molecular weight is 292 g/mol. The molecule has 4 heteroatoms. The Bertz CT molecular complexity index is 448. The van der Waals surface area contributed by atoms with Crippen molar-refractivity contribution in [3.8, 4) is 5.75 Å². The first-order valence-corrected chi connectivity index (χ1v) is 7.79. The van der Waals surface area contributed by atoms with Gasteiger partial charge in [-0.15, -0.1) is 0 Å². The van der Waals surface area contributed by atoms with Crippen LogP contribution < -0.4 is 10.1 Å². The molecule has 1 aromatic rings. The van der Waals surface area contributed by atoms with Gasteiger partial charge in [0.2, 0.25) is 0 Å². The summed E-state index contributed by atoms with van der Waals surface area (Å²) in [6.45, 7) is 10.2. The van der Waals surface area contributed by atoms with Crippen molar-refractivity contribution in [3.05, 3.63) is 29.8 Å². The number of ether oxygens (including phenoxy) is 1. The van der Waals surface area contributed by atoms with Crippen LogP contribution >= 0.6 is 0 Å². The Morgan fingerprint density at radius 3 is 2.95 bits per heavy atom. The molecule has 1 aliphatic rings. The minimum Gasteiger partial charge on any atom is -0.494 e. The van der Waals surface area contributed by atoms with Crippen molar-refractivity contribution >= 4 is 0 Å². The van der Waals surface area contributed by atoms with Gasteiger partial charge in [0.05, 0.1) is 13.2 Å². The van der Waals surface area contributed by atoms with E-state index in [0.29, 0.717) is 6.61 Å². The fourth-order valence-electron chi connectivity index (χ4n) is 2.82. The fraction of sp³-hybridized carbons (Fsp3) is 0.647. The van der Waals surface area contributed by atoms with Gasteiger partial charge in [-0.05, 0) is 44.9 Å². The van der Waals surface area contributed by atoms with Gasteiger partial charge in [0.25, 0.3) is 0 Å². The standard InChI is InChI=1S/C17H28N2O2/c1-14-6-4-7-16(10-14)21-9-5-8-19-13-17(2,3)18-11-15(19)12-20/h4,6-7,10,15,18,20H,5,8-9,11-13H2,1-3H3. The summed E-state index contributed by atoms with van der Waals surface area (Å²) in [4.78, 5) is 2.37. The van der Waals surface area contributed by atoms with E-state index >= 15 is 0 Å². The van der Waals surface area contributed by atoms with Gasteiger partial charge in [-0.25, -0.2) is 0 Å². The van der Waals surface area contributed by atoms with Crippen LogP contribution in [-0.4, -0.2) is 54.4 Å². The van der Waals surface area contributed by atoms with Gasteiger partial charge in [0.1, 0.15) is 5.75 Å². The molecule has 4 nitrogen and oxygen atoms in total. The Morgan fingerprint density at radius 1 is 1.43 bits per heavy atom. The highest BCUT2D eigenvalue weighted by atomic mass is 16.5. The van der Waals surface area contributed by atoms with Gasteiger partial charge in [0, 0.05) is 31.2 Å². The van der Waals surface area contributed by atoms with E-state index in [-0.39, 0.29) is 18.2 Å². The summed E-state index contributed by atoms with van der Waals surface area (Å²) < 4.78 is 5.79. The average Bonchev–Trinajstić information content (AvgIpc) is 2.43. The highest BCUT2D eigenvalue weighted by Crippen LogP contribution is 2.16. The number of nitrogens with zero attached hydrogens (tertiary/aromatic N) is 1. The SMILES string of the molecule is Cc1cccc(OCCCN2CC(C)(C)NCC2CO)c1. The Balaban J connectivity index is 1.76. The number of aryl methyl sites for hydroxylation is 1. The Morgan fingerprint density at radius 2 is 2.24 bits per heavy atom. The molecule has 2 N–H and O–H groups in total. The molecule has 1 saturated heterocycles. The zero-order chi connectivity index (χ0) is 15.3. The molecule has 0 radical (unpaired) electrons. The molecule has 1 aromatic carbocycles. The van der Waals surface area contributed by atoms with Gasteiger partial charge in [-0.3, -0.25) is 4.90 Å². The molecule has 1 heterocycles. The quantitative estimate of drug-likeness (QED) is 0.785. The Labute approximate surface area is 128 Å². The molecule has 1 atom stereocenters. The van der Waals surface area contributed by atoms with Crippen molar-refractivity contribution < 1.29 is 9.84 Å². The lowest BCUT2D eigenvalue weighted by Crippen LogP contribution is -2.62. The van der Waals surface area contributed by atoms with Crippen molar-refractivity contribution in [3.63, 3.8) is 0 Å². The van der Waals surface area contributed by atoms with Crippen molar-refractivity contribution in [2.24, 2.45) is 0 Å². The first kappa shape index (κ1) is 16.3. The summed E-state index contributed by atoms with van der Waals surface area (Å²) in [6.07, 6.45) is 0.973. The normalized spacial score (nSPS) is 22.2. The molecule has 1 unspecified atom stereocenters. The van der Waals surface area contributed by atoms with E-state index in [1.165, 1.54) is 5.56 Å². The number of hydrogen-bond donors (Lipinski definition) is 2. The minimum absolute atomic E-state index is 0.114. The second kappa shape index (κ2) is 7.25. The molecule has 1 aliphatic heterocycles. The van der Waals surface area contributed by atoms with E-state index in [4.69, 9.17) is 4.74 Å².